The molecule has 0 bridgehead atoms. The van der Waals surface area contributed by atoms with Gasteiger partial charge < -0.3 is 9.67 Å². The van der Waals surface area contributed by atoms with Gasteiger partial charge in [0.2, 0.25) is 0 Å². The Kier molecular flexibility index (Phi) is 5.18. The fourth-order valence-electron chi connectivity index (χ4n) is 2.98. The van der Waals surface area contributed by atoms with E-state index >= 15 is 0 Å². The maximum Gasteiger partial charge on any atom is 0.353 e. The van der Waals surface area contributed by atoms with Gasteiger partial charge in [0, 0.05) is 35.0 Å². The Hall–Kier alpha value is -2.54. The fourth-order valence-corrected chi connectivity index (χ4v) is 3.70. The molecule has 1 aromatic carbocycles. The molecule has 7 heteroatoms. The summed E-state index contributed by atoms with van der Waals surface area (Å²) in [6.07, 6.45) is 4.04. The van der Waals surface area contributed by atoms with Gasteiger partial charge in [-0.3, -0.25) is 0 Å². The molecule has 0 unspecified atom stereocenters. The van der Waals surface area contributed by atoms with Crippen LogP contribution in [0.15, 0.2) is 36.0 Å². The topological polar surface area (TPSA) is 55.1 Å². The Labute approximate surface area is 153 Å². The first-order chi connectivity index (χ1) is 12.4. The SMILES string of the molecule is CC(C)Cc1cn(Cc2ccc(F)cc2F)c(C(=O)O)c1-c1nccs1. The summed E-state index contributed by atoms with van der Waals surface area (Å²) in [6, 6.07) is 3.30. The number of aromatic carboxylic acids is 1. The maximum atomic E-state index is 14.0. The number of benzene rings is 1. The summed E-state index contributed by atoms with van der Waals surface area (Å²) in [5, 5.41) is 12.2. The molecule has 0 saturated carbocycles. The minimum Gasteiger partial charge on any atom is -0.477 e. The molecule has 0 fully saturated rings. The van der Waals surface area contributed by atoms with Crippen LogP contribution in [-0.4, -0.2) is 20.6 Å². The van der Waals surface area contributed by atoms with Crippen molar-refractivity contribution in [2.75, 3.05) is 0 Å². The van der Waals surface area contributed by atoms with Crippen molar-refractivity contribution < 1.29 is 18.7 Å². The van der Waals surface area contributed by atoms with Gasteiger partial charge >= 0.3 is 5.97 Å². The minimum absolute atomic E-state index is 0.00418. The van der Waals surface area contributed by atoms with Crippen molar-refractivity contribution >= 4 is 17.3 Å². The van der Waals surface area contributed by atoms with Crippen molar-refractivity contribution in [3.05, 3.63) is 64.4 Å². The van der Waals surface area contributed by atoms with Crippen LogP contribution in [-0.2, 0) is 13.0 Å². The molecule has 1 N–H and O–H groups in total. The smallest absolute Gasteiger partial charge is 0.353 e. The molecule has 0 aliphatic carbocycles. The van der Waals surface area contributed by atoms with Gasteiger partial charge in [0.15, 0.2) is 0 Å². The van der Waals surface area contributed by atoms with Crippen LogP contribution < -0.4 is 0 Å². The Balaban J connectivity index is 2.14. The normalized spacial score (nSPS) is 11.3. The molecule has 136 valence electrons. The Bertz CT molecular complexity index is 933. The van der Waals surface area contributed by atoms with Crippen molar-refractivity contribution in [2.24, 2.45) is 5.92 Å². The van der Waals surface area contributed by atoms with E-state index < -0.39 is 17.6 Å². The van der Waals surface area contributed by atoms with Crippen molar-refractivity contribution in [2.45, 2.75) is 26.8 Å². The molecular weight excluding hydrogens is 358 g/mol. The van der Waals surface area contributed by atoms with Gasteiger partial charge in [-0.25, -0.2) is 18.6 Å². The molecular formula is C19H18F2N2O2S. The number of carboxylic acids is 1. The van der Waals surface area contributed by atoms with Crippen LogP contribution in [0.2, 0.25) is 0 Å². The van der Waals surface area contributed by atoms with E-state index in [1.807, 2.05) is 13.8 Å². The molecule has 3 rings (SSSR count). The van der Waals surface area contributed by atoms with Crippen molar-refractivity contribution in [3.63, 3.8) is 0 Å². The molecule has 26 heavy (non-hydrogen) atoms. The number of nitrogens with zero attached hydrogens (tertiary/aromatic N) is 2. The van der Waals surface area contributed by atoms with Gasteiger partial charge in [0.25, 0.3) is 0 Å². The molecule has 4 nitrogen and oxygen atoms in total. The molecule has 2 aromatic heterocycles. The number of carbonyl (C=O) groups is 1. The molecule has 3 aromatic rings. The average Bonchev–Trinajstić information content (AvgIpc) is 3.17. The van der Waals surface area contributed by atoms with Crippen LogP contribution in [0, 0.1) is 17.6 Å². The third-order valence-electron chi connectivity index (χ3n) is 3.99. The van der Waals surface area contributed by atoms with E-state index in [4.69, 9.17) is 0 Å². The lowest BCUT2D eigenvalue weighted by Crippen LogP contribution is -2.11. The van der Waals surface area contributed by atoms with Crippen molar-refractivity contribution in [1.29, 1.82) is 0 Å². The van der Waals surface area contributed by atoms with Gasteiger partial charge in [-0.2, -0.15) is 0 Å². The monoisotopic (exact) mass is 376 g/mol. The van der Waals surface area contributed by atoms with Crippen LogP contribution in [0.3, 0.4) is 0 Å². The molecule has 2 heterocycles. The van der Waals surface area contributed by atoms with Crippen LogP contribution in [0.5, 0.6) is 0 Å². The van der Waals surface area contributed by atoms with Gasteiger partial charge in [0.1, 0.15) is 22.3 Å². The Morgan fingerprint density at radius 1 is 1.31 bits per heavy atom. The third kappa shape index (κ3) is 3.67. The van der Waals surface area contributed by atoms with Crippen LogP contribution >= 0.6 is 11.3 Å². The van der Waals surface area contributed by atoms with E-state index in [1.165, 1.54) is 28.0 Å². The molecule has 0 radical (unpaired) electrons. The molecule has 0 amide bonds. The quantitative estimate of drug-likeness (QED) is 0.670. The molecule has 0 atom stereocenters. The molecule has 0 aliphatic heterocycles. The second-order valence-electron chi connectivity index (χ2n) is 6.48. The fraction of sp³-hybridized carbons (Fsp3) is 0.263. The number of aromatic nitrogens is 2. The summed E-state index contributed by atoms with van der Waals surface area (Å²) in [4.78, 5) is 16.2. The highest BCUT2D eigenvalue weighted by molar-refractivity contribution is 7.13. The van der Waals surface area contributed by atoms with E-state index in [1.54, 1.807) is 17.8 Å². The van der Waals surface area contributed by atoms with Crippen molar-refractivity contribution in [3.8, 4) is 10.6 Å². The van der Waals surface area contributed by atoms with E-state index in [0.29, 0.717) is 22.9 Å². The van der Waals surface area contributed by atoms with Crippen LogP contribution in [0.4, 0.5) is 8.78 Å². The molecule has 0 spiro atoms. The maximum absolute atomic E-state index is 14.0. The number of rotatable bonds is 6. The number of hydrogen-bond acceptors (Lipinski definition) is 3. The van der Waals surface area contributed by atoms with E-state index in [9.17, 15) is 18.7 Å². The van der Waals surface area contributed by atoms with Gasteiger partial charge in [-0.1, -0.05) is 19.9 Å². The second-order valence-corrected chi connectivity index (χ2v) is 7.38. The number of thiazole rings is 1. The predicted octanol–water partition coefficient (Wildman–Crippen LogP) is 4.83. The summed E-state index contributed by atoms with van der Waals surface area (Å²) in [6.45, 7) is 4.09. The lowest BCUT2D eigenvalue weighted by Gasteiger charge is -2.08. The summed E-state index contributed by atoms with van der Waals surface area (Å²) in [7, 11) is 0. The van der Waals surface area contributed by atoms with Gasteiger partial charge in [-0.15, -0.1) is 11.3 Å². The van der Waals surface area contributed by atoms with Crippen LogP contribution in [0.1, 0.15) is 35.5 Å². The third-order valence-corrected chi connectivity index (χ3v) is 4.78. The lowest BCUT2D eigenvalue weighted by molar-refractivity contribution is 0.0686. The minimum atomic E-state index is -1.10. The van der Waals surface area contributed by atoms with E-state index in [2.05, 4.69) is 4.98 Å². The largest absolute Gasteiger partial charge is 0.477 e. The van der Waals surface area contributed by atoms with Gasteiger partial charge in [-0.05, 0) is 24.0 Å². The highest BCUT2D eigenvalue weighted by atomic mass is 32.1. The number of halogens is 2. The molecule has 0 aliphatic rings. The summed E-state index contributed by atoms with van der Waals surface area (Å²) >= 11 is 1.36. The number of hydrogen-bond donors (Lipinski definition) is 1. The summed E-state index contributed by atoms with van der Waals surface area (Å²) in [5.74, 6) is -2.15. The van der Waals surface area contributed by atoms with E-state index in [0.717, 1.165) is 11.6 Å². The standard InChI is InChI=1S/C19H18F2N2O2S/c1-11(2)7-13-10-23(9-12-3-4-14(20)8-15(12)21)17(19(24)25)16(13)18-22-5-6-26-18/h3-6,8,10-11H,7,9H2,1-2H3,(H,24,25). The first-order valence-corrected chi connectivity index (χ1v) is 9.04. The van der Waals surface area contributed by atoms with E-state index in [-0.39, 0.29) is 17.8 Å². The van der Waals surface area contributed by atoms with Crippen molar-refractivity contribution in [1.82, 2.24) is 9.55 Å². The van der Waals surface area contributed by atoms with Crippen LogP contribution in [0.25, 0.3) is 10.6 Å². The molecule has 0 saturated heterocycles. The van der Waals surface area contributed by atoms with Gasteiger partial charge in [0.05, 0.1) is 6.54 Å². The zero-order valence-electron chi connectivity index (χ0n) is 14.4. The highest BCUT2D eigenvalue weighted by Gasteiger charge is 2.25. The Morgan fingerprint density at radius 2 is 2.08 bits per heavy atom. The number of carboxylic acid groups (broad SMARTS) is 1. The second kappa shape index (κ2) is 7.37. The lowest BCUT2D eigenvalue weighted by atomic mass is 10.0. The average molecular weight is 376 g/mol. The first-order valence-electron chi connectivity index (χ1n) is 8.16. The highest BCUT2D eigenvalue weighted by Crippen LogP contribution is 2.33. The Morgan fingerprint density at radius 3 is 2.65 bits per heavy atom. The first kappa shape index (κ1) is 18.3. The zero-order valence-corrected chi connectivity index (χ0v) is 15.2. The summed E-state index contributed by atoms with van der Waals surface area (Å²) < 4.78 is 28.7. The zero-order chi connectivity index (χ0) is 18.8. The predicted molar refractivity (Wildman–Crippen MR) is 96.5 cm³/mol. The summed E-state index contributed by atoms with van der Waals surface area (Å²) in [5.41, 5.74) is 1.73.